The molecule has 22 heavy (non-hydrogen) atoms. The number of amides is 1. The minimum Gasteiger partial charge on any atom is -0.339 e. The highest BCUT2D eigenvalue weighted by atomic mass is 32.2. The summed E-state index contributed by atoms with van der Waals surface area (Å²) in [4.78, 5) is 14.2. The van der Waals surface area contributed by atoms with Crippen molar-refractivity contribution in [3.63, 3.8) is 0 Å². The molecule has 0 N–H and O–H groups in total. The molecule has 1 aromatic rings. The number of nitrogens with zero attached hydrogens (tertiary/aromatic N) is 2. The van der Waals surface area contributed by atoms with E-state index in [4.69, 9.17) is 0 Å². The third-order valence-electron chi connectivity index (χ3n) is 3.74. The van der Waals surface area contributed by atoms with Gasteiger partial charge in [0, 0.05) is 18.7 Å². The van der Waals surface area contributed by atoms with Gasteiger partial charge in [-0.05, 0) is 43.5 Å². The zero-order chi connectivity index (χ0) is 16.2. The normalized spacial score (nSPS) is 15.4. The maximum atomic E-state index is 12.4. The van der Waals surface area contributed by atoms with Gasteiger partial charge in [0.1, 0.15) is 0 Å². The topological polar surface area (TPSA) is 57.7 Å². The van der Waals surface area contributed by atoms with Gasteiger partial charge in [-0.1, -0.05) is 6.08 Å². The van der Waals surface area contributed by atoms with E-state index < -0.39 is 10.0 Å². The molecule has 1 amide bonds. The molecule has 1 aromatic carbocycles. The molecule has 1 aliphatic heterocycles. The van der Waals surface area contributed by atoms with Crippen molar-refractivity contribution in [2.45, 2.75) is 19.3 Å². The Kier molecular flexibility index (Phi) is 5.24. The number of benzene rings is 1. The van der Waals surface area contributed by atoms with Crippen LogP contribution in [0, 0.1) is 0 Å². The summed E-state index contributed by atoms with van der Waals surface area (Å²) in [5, 5.41) is 0. The second kappa shape index (κ2) is 6.96. The predicted octanol–water partition coefficient (Wildman–Crippen LogP) is 2.26. The van der Waals surface area contributed by atoms with Crippen molar-refractivity contribution in [1.82, 2.24) is 4.90 Å². The van der Waals surface area contributed by atoms with Crippen LogP contribution in [-0.2, 0) is 10.0 Å². The zero-order valence-electron chi connectivity index (χ0n) is 12.9. The maximum Gasteiger partial charge on any atom is 0.253 e. The van der Waals surface area contributed by atoms with E-state index in [1.165, 1.54) is 16.8 Å². The monoisotopic (exact) mass is 322 g/mol. The fourth-order valence-corrected chi connectivity index (χ4v) is 3.48. The molecule has 0 radical (unpaired) electrons. The molecule has 0 bridgehead atoms. The quantitative estimate of drug-likeness (QED) is 0.781. The number of carbonyl (C=O) groups excluding carboxylic acids is 1. The minimum absolute atomic E-state index is 0.0147. The van der Waals surface area contributed by atoms with Gasteiger partial charge >= 0.3 is 0 Å². The van der Waals surface area contributed by atoms with Gasteiger partial charge in [0.05, 0.1) is 18.5 Å². The predicted molar refractivity (Wildman–Crippen MR) is 88.6 cm³/mol. The molecule has 1 saturated heterocycles. The SMILES string of the molecule is C=CCN(c1ccc(C(=O)N2CCCCC2)cc1)S(C)(=O)=O. The van der Waals surface area contributed by atoms with Crippen molar-refractivity contribution in [3.05, 3.63) is 42.5 Å². The number of piperidine rings is 1. The molecule has 1 fully saturated rings. The van der Waals surface area contributed by atoms with Crippen molar-refractivity contribution in [1.29, 1.82) is 0 Å². The van der Waals surface area contributed by atoms with Crippen LogP contribution in [0.15, 0.2) is 36.9 Å². The van der Waals surface area contributed by atoms with E-state index in [0.717, 1.165) is 32.2 Å². The van der Waals surface area contributed by atoms with E-state index in [1.54, 1.807) is 24.3 Å². The summed E-state index contributed by atoms with van der Waals surface area (Å²) in [5.41, 5.74) is 1.13. The van der Waals surface area contributed by atoms with Gasteiger partial charge < -0.3 is 4.90 Å². The number of likely N-dealkylation sites (tertiary alicyclic amines) is 1. The number of carbonyl (C=O) groups is 1. The van der Waals surface area contributed by atoms with E-state index in [2.05, 4.69) is 6.58 Å². The van der Waals surface area contributed by atoms with Gasteiger partial charge in [0.15, 0.2) is 0 Å². The third-order valence-corrected chi connectivity index (χ3v) is 4.90. The molecule has 1 aliphatic rings. The molecule has 0 saturated carbocycles. The van der Waals surface area contributed by atoms with E-state index >= 15 is 0 Å². The molecule has 0 aromatic heterocycles. The van der Waals surface area contributed by atoms with E-state index in [0.29, 0.717) is 11.3 Å². The molecule has 0 spiro atoms. The van der Waals surface area contributed by atoms with E-state index in [-0.39, 0.29) is 12.5 Å². The Balaban J connectivity index is 2.18. The Bertz CT molecular complexity index is 632. The van der Waals surface area contributed by atoms with Gasteiger partial charge in [0.2, 0.25) is 10.0 Å². The highest BCUT2D eigenvalue weighted by Gasteiger charge is 2.20. The van der Waals surface area contributed by atoms with Crippen LogP contribution < -0.4 is 4.31 Å². The highest BCUT2D eigenvalue weighted by Crippen LogP contribution is 2.20. The van der Waals surface area contributed by atoms with Gasteiger partial charge in [-0.25, -0.2) is 8.42 Å². The molecule has 0 atom stereocenters. The summed E-state index contributed by atoms with van der Waals surface area (Å²) in [6.45, 7) is 5.38. The first-order valence-corrected chi connectivity index (χ1v) is 9.26. The lowest BCUT2D eigenvalue weighted by Crippen LogP contribution is -2.35. The summed E-state index contributed by atoms with van der Waals surface area (Å²) in [5.74, 6) is 0.0147. The lowest BCUT2D eigenvalue weighted by atomic mass is 10.1. The molecule has 5 nitrogen and oxygen atoms in total. The Hall–Kier alpha value is -1.82. The maximum absolute atomic E-state index is 12.4. The molecule has 0 aliphatic carbocycles. The highest BCUT2D eigenvalue weighted by molar-refractivity contribution is 7.92. The van der Waals surface area contributed by atoms with Gasteiger partial charge in [-0.2, -0.15) is 0 Å². The van der Waals surface area contributed by atoms with Gasteiger partial charge in [-0.3, -0.25) is 9.10 Å². The number of sulfonamides is 1. The first-order chi connectivity index (χ1) is 10.4. The lowest BCUT2D eigenvalue weighted by Gasteiger charge is -2.27. The van der Waals surface area contributed by atoms with Crippen LogP contribution in [0.3, 0.4) is 0 Å². The van der Waals surface area contributed by atoms with E-state index in [9.17, 15) is 13.2 Å². The van der Waals surface area contributed by atoms with Crippen molar-refractivity contribution in [2.75, 3.05) is 30.2 Å². The van der Waals surface area contributed by atoms with Crippen LogP contribution >= 0.6 is 0 Å². The van der Waals surface area contributed by atoms with Crippen molar-refractivity contribution < 1.29 is 13.2 Å². The van der Waals surface area contributed by atoms with Crippen LogP contribution in [0.25, 0.3) is 0 Å². The first kappa shape index (κ1) is 16.5. The summed E-state index contributed by atoms with van der Waals surface area (Å²) >= 11 is 0. The summed E-state index contributed by atoms with van der Waals surface area (Å²) in [7, 11) is -3.37. The summed E-state index contributed by atoms with van der Waals surface area (Å²) in [6.07, 6.45) is 5.96. The molecule has 120 valence electrons. The molecule has 6 heteroatoms. The fourth-order valence-electron chi connectivity index (χ4n) is 2.60. The Morgan fingerprint density at radius 1 is 1.23 bits per heavy atom. The largest absolute Gasteiger partial charge is 0.339 e. The Morgan fingerprint density at radius 2 is 1.82 bits per heavy atom. The van der Waals surface area contributed by atoms with Crippen LogP contribution in [0.5, 0.6) is 0 Å². The Morgan fingerprint density at radius 3 is 2.32 bits per heavy atom. The van der Waals surface area contributed by atoms with Crippen LogP contribution in [-0.4, -0.2) is 45.1 Å². The molecule has 2 rings (SSSR count). The summed E-state index contributed by atoms with van der Waals surface area (Å²) in [6, 6.07) is 6.71. The number of rotatable bonds is 5. The number of hydrogen-bond donors (Lipinski definition) is 0. The van der Waals surface area contributed by atoms with Crippen molar-refractivity contribution >= 4 is 21.6 Å². The van der Waals surface area contributed by atoms with Crippen molar-refractivity contribution in [3.8, 4) is 0 Å². The van der Waals surface area contributed by atoms with Crippen LogP contribution in [0.2, 0.25) is 0 Å². The van der Waals surface area contributed by atoms with Crippen LogP contribution in [0.4, 0.5) is 5.69 Å². The van der Waals surface area contributed by atoms with Crippen molar-refractivity contribution in [2.24, 2.45) is 0 Å². The van der Waals surface area contributed by atoms with Gasteiger partial charge in [0.25, 0.3) is 5.91 Å². The average Bonchev–Trinajstić information content (AvgIpc) is 2.52. The minimum atomic E-state index is -3.37. The number of hydrogen-bond acceptors (Lipinski definition) is 3. The lowest BCUT2D eigenvalue weighted by molar-refractivity contribution is 0.0724. The van der Waals surface area contributed by atoms with Crippen LogP contribution in [0.1, 0.15) is 29.6 Å². The second-order valence-corrected chi connectivity index (χ2v) is 7.39. The molecule has 1 heterocycles. The molecular weight excluding hydrogens is 300 g/mol. The zero-order valence-corrected chi connectivity index (χ0v) is 13.7. The average molecular weight is 322 g/mol. The van der Waals surface area contributed by atoms with E-state index in [1.807, 2.05) is 4.90 Å². The smallest absolute Gasteiger partial charge is 0.253 e. The number of anilines is 1. The second-order valence-electron chi connectivity index (χ2n) is 5.48. The Labute approximate surface area is 132 Å². The molecule has 0 unspecified atom stereocenters. The standard InChI is InChI=1S/C16H22N2O3S/c1-3-11-18(22(2,20)21)15-9-7-14(8-10-15)16(19)17-12-5-4-6-13-17/h3,7-10H,1,4-6,11-13H2,2H3. The first-order valence-electron chi connectivity index (χ1n) is 7.41. The fraction of sp³-hybridized carbons (Fsp3) is 0.438. The summed E-state index contributed by atoms with van der Waals surface area (Å²) < 4.78 is 24.8. The third kappa shape index (κ3) is 3.88. The van der Waals surface area contributed by atoms with Gasteiger partial charge in [-0.15, -0.1) is 6.58 Å². The molecular formula is C16H22N2O3S.